The summed E-state index contributed by atoms with van der Waals surface area (Å²) in [5.41, 5.74) is 1.06. The number of benzene rings is 1. The monoisotopic (exact) mass is 343 g/mol. The molecule has 2 heterocycles. The Morgan fingerprint density at radius 1 is 1.32 bits per heavy atom. The Balaban J connectivity index is 1.54. The molecule has 0 N–H and O–H groups in total. The van der Waals surface area contributed by atoms with Crippen molar-refractivity contribution in [3.8, 4) is 5.69 Å². The molecule has 0 spiro atoms. The minimum Gasteiger partial charge on any atom is -0.377 e. The summed E-state index contributed by atoms with van der Waals surface area (Å²) in [5.74, 6) is 0.0138. The number of halogens is 1. The van der Waals surface area contributed by atoms with Crippen LogP contribution in [-0.4, -0.2) is 46.4 Å². The lowest BCUT2D eigenvalue weighted by Gasteiger charge is -2.57. The molecule has 1 saturated carbocycles. The van der Waals surface area contributed by atoms with Crippen LogP contribution in [0.4, 0.5) is 4.39 Å². The Hall–Kier alpha value is -2.21. The van der Waals surface area contributed by atoms with E-state index in [1.807, 2.05) is 11.9 Å². The fourth-order valence-electron chi connectivity index (χ4n) is 4.57. The quantitative estimate of drug-likeness (QED) is 0.861. The van der Waals surface area contributed by atoms with Gasteiger partial charge in [0.05, 0.1) is 11.8 Å². The van der Waals surface area contributed by atoms with E-state index in [9.17, 15) is 9.18 Å². The summed E-state index contributed by atoms with van der Waals surface area (Å²) in [6.07, 6.45) is 2.96. The van der Waals surface area contributed by atoms with Crippen molar-refractivity contribution in [2.75, 3.05) is 13.7 Å². The van der Waals surface area contributed by atoms with Gasteiger partial charge < -0.3 is 9.64 Å². The predicted octanol–water partition coefficient (Wildman–Crippen LogP) is 2.90. The van der Waals surface area contributed by atoms with Gasteiger partial charge in [-0.05, 0) is 36.8 Å². The summed E-state index contributed by atoms with van der Waals surface area (Å²) in [7, 11) is 1.85. The van der Waals surface area contributed by atoms with Gasteiger partial charge in [0, 0.05) is 37.2 Å². The Morgan fingerprint density at radius 2 is 2.04 bits per heavy atom. The summed E-state index contributed by atoms with van der Waals surface area (Å²) in [6, 6.07) is 7.88. The van der Waals surface area contributed by atoms with Crippen molar-refractivity contribution in [3.05, 3.63) is 48.0 Å². The van der Waals surface area contributed by atoms with Crippen molar-refractivity contribution in [1.82, 2.24) is 14.7 Å². The highest BCUT2D eigenvalue weighted by atomic mass is 19.1. The molecule has 1 aromatic heterocycles. The second-order valence-corrected chi connectivity index (χ2v) is 7.55. The number of nitrogens with zero attached hydrogens (tertiary/aromatic N) is 3. The maximum atomic E-state index is 13.1. The van der Waals surface area contributed by atoms with Crippen molar-refractivity contribution >= 4 is 5.91 Å². The summed E-state index contributed by atoms with van der Waals surface area (Å²) in [5, 5.41) is 4.38. The van der Waals surface area contributed by atoms with Gasteiger partial charge in [-0.3, -0.25) is 4.79 Å². The van der Waals surface area contributed by atoms with Crippen molar-refractivity contribution in [2.45, 2.75) is 32.4 Å². The predicted molar refractivity (Wildman–Crippen MR) is 91.0 cm³/mol. The fraction of sp³-hybridized carbons (Fsp3) is 0.474. The highest BCUT2D eigenvalue weighted by Gasteiger charge is 2.61. The number of amides is 1. The van der Waals surface area contributed by atoms with Crippen LogP contribution in [0.3, 0.4) is 0 Å². The SMILES string of the molecule is CN(C(=O)c1ccn(-c2ccc(F)cc2)n1)[C@@H]1[C@@H]2CCO[C@H]2C1(C)C. The Kier molecular flexibility index (Phi) is 3.68. The first-order valence-electron chi connectivity index (χ1n) is 8.60. The van der Waals surface area contributed by atoms with Crippen LogP contribution in [-0.2, 0) is 4.74 Å². The molecule has 0 bridgehead atoms. The zero-order valence-corrected chi connectivity index (χ0v) is 14.6. The molecule has 2 aliphatic rings. The lowest BCUT2D eigenvalue weighted by Crippen LogP contribution is -2.66. The molecule has 1 amide bonds. The lowest BCUT2D eigenvalue weighted by atomic mass is 9.57. The van der Waals surface area contributed by atoms with Gasteiger partial charge in [0.1, 0.15) is 5.82 Å². The van der Waals surface area contributed by atoms with Crippen LogP contribution in [0.25, 0.3) is 5.69 Å². The van der Waals surface area contributed by atoms with Crippen LogP contribution < -0.4 is 0 Å². The van der Waals surface area contributed by atoms with Crippen molar-refractivity contribution < 1.29 is 13.9 Å². The van der Waals surface area contributed by atoms with Gasteiger partial charge in [0.2, 0.25) is 0 Å². The smallest absolute Gasteiger partial charge is 0.274 e. The zero-order chi connectivity index (χ0) is 17.8. The van der Waals surface area contributed by atoms with E-state index in [0.29, 0.717) is 11.6 Å². The molecule has 2 fully saturated rings. The van der Waals surface area contributed by atoms with Crippen LogP contribution >= 0.6 is 0 Å². The van der Waals surface area contributed by atoms with Gasteiger partial charge in [-0.15, -0.1) is 0 Å². The Labute approximate surface area is 146 Å². The maximum Gasteiger partial charge on any atom is 0.274 e. The Morgan fingerprint density at radius 3 is 2.76 bits per heavy atom. The number of carbonyl (C=O) groups excluding carboxylic acids is 1. The molecular weight excluding hydrogens is 321 g/mol. The second-order valence-electron chi connectivity index (χ2n) is 7.55. The molecule has 3 atom stereocenters. The second kappa shape index (κ2) is 5.66. The average molecular weight is 343 g/mol. The van der Waals surface area contributed by atoms with E-state index in [-0.39, 0.29) is 29.3 Å². The van der Waals surface area contributed by atoms with Crippen LogP contribution in [0.15, 0.2) is 36.5 Å². The van der Waals surface area contributed by atoms with Crippen molar-refractivity contribution in [1.29, 1.82) is 0 Å². The molecule has 25 heavy (non-hydrogen) atoms. The van der Waals surface area contributed by atoms with E-state index in [4.69, 9.17) is 4.74 Å². The van der Waals surface area contributed by atoms with E-state index in [0.717, 1.165) is 18.7 Å². The van der Waals surface area contributed by atoms with E-state index in [2.05, 4.69) is 18.9 Å². The standard InChI is InChI=1S/C19H22FN3O2/c1-19(2)16(14-9-11-25-17(14)19)22(3)18(24)15-8-10-23(21-15)13-6-4-12(20)5-7-13/h4-8,10,14,16-17H,9,11H2,1-3H3/t14-,16+,17+/m0/s1. The van der Waals surface area contributed by atoms with Gasteiger partial charge in [0.15, 0.2) is 5.69 Å². The zero-order valence-electron chi connectivity index (χ0n) is 14.6. The first kappa shape index (κ1) is 16.3. The molecule has 1 saturated heterocycles. The Bertz CT molecular complexity index is 799. The van der Waals surface area contributed by atoms with E-state index >= 15 is 0 Å². The first-order chi connectivity index (χ1) is 11.9. The summed E-state index contributed by atoms with van der Waals surface area (Å²) < 4.78 is 20.5. The van der Waals surface area contributed by atoms with E-state index in [1.165, 1.54) is 12.1 Å². The molecule has 132 valence electrons. The fourth-order valence-corrected chi connectivity index (χ4v) is 4.57. The average Bonchev–Trinajstić information content (AvgIpc) is 3.23. The number of fused-ring (bicyclic) bond motifs is 1. The summed E-state index contributed by atoms with van der Waals surface area (Å²) in [4.78, 5) is 14.7. The third-order valence-electron chi connectivity index (χ3n) is 5.68. The van der Waals surface area contributed by atoms with Crippen LogP contribution in [0.1, 0.15) is 30.8 Å². The van der Waals surface area contributed by atoms with Crippen molar-refractivity contribution in [2.24, 2.45) is 11.3 Å². The van der Waals surface area contributed by atoms with Gasteiger partial charge >= 0.3 is 0 Å². The highest BCUT2D eigenvalue weighted by Crippen LogP contribution is 2.54. The number of carbonyl (C=O) groups is 1. The number of hydrogen-bond donors (Lipinski definition) is 0. The topological polar surface area (TPSA) is 47.4 Å². The summed E-state index contributed by atoms with van der Waals surface area (Å²) >= 11 is 0. The molecule has 1 aromatic carbocycles. The minimum absolute atomic E-state index is 0.0505. The normalized spacial score (nSPS) is 26.8. The summed E-state index contributed by atoms with van der Waals surface area (Å²) in [6.45, 7) is 5.09. The maximum absolute atomic E-state index is 13.1. The van der Waals surface area contributed by atoms with Gasteiger partial charge in [-0.25, -0.2) is 9.07 Å². The van der Waals surface area contributed by atoms with Gasteiger partial charge in [0.25, 0.3) is 5.91 Å². The van der Waals surface area contributed by atoms with E-state index in [1.54, 1.807) is 29.1 Å². The molecule has 6 heteroatoms. The van der Waals surface area contributed by atoms with Crippen LogP contribution in [0.2, 0.25) is 0 Å². The highest BCUT2D eigenvalue weighted by molar-refractivity contribution is 5.92. The number of rotatable bonds is 3. The molecule has 0 unspecified atom stereocenters. The van der Waals surface area contributed by atoms with Gasteiger partial charge in [-0.2, -0.15) is 5.10 Å². The molecular formula is C19H22FN3O2. The van der Waals surface area contributed by atoms with Crippen LogP contribution in [0, 0.1) is 17.2 Å². The molecule has 2 aromatic rings. The number of aromatic nitrogens is 2. The molecule has 5 nitrogen and oxygen atoms in total. The first-order valence-corrected chi connectivity index (χ1v) is 8.60. The molecule has 1 aliphatic heterocycles. The third kappa shape index (κ3) is 2.47. The molecule has 4 rings (SSSR count). The largest absolute Gasteiger partial charge is 0.377 e. The minimum atomic E-state index is -0.299. The van der Waals surface area contributed by atoms with Crippen LogP contribution in [0.5, 0.6) is 0 Å². The number of ether oxygens (including phenoxy) is 1. The molecule has 0 radical (unpaired) electrons. The van der Waals surface area contributed by atoms with E-state index < -0.39 is 0 Å². The van der Waals surface area contributed by atoms with Crippen molar-refractivity contribution in [3.63, 3.8) is 0 Å². The number of hydrogen-bond acceptors (Lipinski definition) is 3. The van der Waals surface area contributed by atoms with Gasteiger partial charge in [-0.1, -0.05) is 13.8 Å². The lowest BCUT2D eigenvalue weighted by molar-refractivity contribution is -0.139. The third-order valence-corrected chi connectivity index (χ3v) is 5.68. The molecule has 1 aliphatic carbocycles.